The van der Waals surface area contributed by atoms with Crippen molar-refractivity contribution in [3.8, 4) is 5.75 Å². The second kappa shape index (κ2) is 9.57. The van der Waals surface area contributed by atoms with Crippen molar-refractivity contribution in [2.24, 2.45) is 0 Å². The first-order chi connectivity index (χ1) is 15.6. The zero-order chi connectivity index (χ0) is 22.7. The van der Waals surface area contributed by atoms with Crippen molar-refractivity contribution in [3.05, 3.63) is 75.6 Å². The Bertz CT molecular complexity index is 1170. The van der Waals surface area contributed by atoms with E-state index in [1.807, 2.05) is 36.4 Å². The monoisotopic (exact) mass is 435 g/mol. The van der Waals surface area contributed by atoms with E-state index in [1.165, 1.54) is 4.90 Å². The number of para-hydroxylation sites is 1. The van der Waals surface area contributed by atoms with Gasteiger partial charge in [0.2, 0.25) is 5.76 Å². The van der Waals surface area contributed by atoms with E-state index < -0.39 is 6.04 Å². The molecule has 0 unspecified atom stereocenters. The third-order valence-corrected chi connectivity index (χ3v) is 6.23. The summed E-state index contributed by atoms with van der Waals surface area (Å²) in [4.78, 5) is 30.2. The molecule has 2 aromatic carbocycles. The summed E-state index contributed by atoms with van der Waals surface area (Å²) in [5, 5.41) is 0.499. The zero-order valence-electron chi connectivity index (χ0n) is 19.0. The molecule has 0 saturated heterocycles. The molecule has 1 aliphatic heterocycles. The lowest BCUT2D eigenvalue weighted by Crippen LogP contribution is -3.12. The van der Waals surface area contributed by atoms with Gasteiger partial charge in [0.25, 0.3) is 5.91 Å². The Morgan fingerprint density at radius 3 is 2.56 bits per heavy atom. The van der Waals surface area contributed by atoms with Crippen LogP contribution in [-0.4, -0.2) is 43.6 Å². The van der Waals surface area contributed by atoms with Gasteiger partial charge >= 0.3 is 0 Å². The van der Waals surface area contributed by atoms with Gasteiger partial charge in [-0.1, -0.05) is 31.2 Å². The fraction of sp³-hybridized carbons (Fsp3) is 0.385. The molecular weight excluding hydrogens is 404 g/mol. The van der Waals surface area contributed by atoms with Gasteiger partial charge in [0, 0.05) is 0 Å². The lowest BCUT2D eigenvalue weighted by Gasteiger charge is -2.27. The number of rotatable bonds is 9. The first-order valence-electron chi connectivity index (χ1n) is 11.5. The number of likely N-dealkylation sites (N-methyl/N-ethyl adjacent to an activating group) is 1. The first-order valence-corrected chi connectivity index (χ1v) is 11.5. The summed E-state index contributed by atoms with van der Waals surface area (Å²) in [5.41, 5.74) is 1.59. The Balaban J connectivity index is 1.83. The molecule has 0 fully saturated rings. The Hall–Kier alpha value is -3.12. The summed E-state index contributed by atoms with van der Waals surface area (Å²) >= 11 is 0. The van der Waals surface area contributed by atoms with Crippen molar-refractivity contribution in [1.82, 2.24) is 4.90 Å². The lowest BCUT2D eigenvalue weighted by molar-refractivity contribution is -0.895. The molecule has 32 heavy (non-hydrogen) atoms. The molecule has 0 radical (unpaired) electrons. The Kier molecular flexibility index (Phi) is 6.61. The summed E-state index contributed by atoms with van der Waals surface area (Å²) in [6.45, 7) is 10.3. The van der Waals surface area contributed by atoms with Crippen molar-refractivity contribution in [2.45, 2.75) is 33.2 Å². The Labute approximate surface area is 188 Å². The number of benzene rings is 2. The summed E-state index contributed by atoms with van der Waals surface area (Å²) < 4.78 is 11.8. The van der Waals surface area contributed by atoms with Crippen molar-refractivity contribution >= 4 is 16.9 Å². The van der Waals surface area contributed by atoms with Crippen molar-refractivity contribution < 1.29 is 18.8 Å². The fourth-order valence-corrected chi connectivity index (χ4v) is 4.42. The molecule has 3 aromatic rings. The molecule has 2 heterocycles. The van der Waals surface area contributed by atoms with E-state index in [0.29, 0.717) is 29.7 Å². The van der Waals surface area contributed by atoms with Gasteiger partial charge in [0.05, 0.1) is 49.8 Å². The highest BCUT2D eigenvalue weighted by Gasteiger charge is 2.43. The van der Waals surface area contributed by atoms with Gasteiger partial charge in [-0.25, -0.2) is 0 Å². The minimum Gasteiger partial charge on any atom is -0.494 e. The highest BCUT2D eigenvalue weighted by Crippen LogP contribution is 2.38. The second-order valence-corrected chi connectivity index (χ2v) is 8.20. The molecule has 6 heteroatoms. The number of ether oxygens (including phenoxy) is 1. The molecule has 1 amide bonds. The first kappa shape index (κ1) is 22.1. The summed E-state index contributed by atoms with van der Waals surface area (Å²) in [5.74, 6) is 0.678. The molecule has 1 aliphatic rings. The SMILES string of the molecule is CCCOc1cccc([C@H]2c3c(oc4ccccc4c3=O)C(=O)N2CC[NH+](CC)CC)c1. The summed E-state index contributed by atoms with van der Waals surface area (Å²) in [6.07, 6.45) is 0.906. The number of amides is 1. The minimum atomic E-state index is -0.488. The van der Waals surface area contributed by atoms with E-state index in [1.54, 1.807) is 17.0 Å². The van der Waals surface area contributed by atoms with Gasteiger partial charge in [-0.2, -0.15) is 0 Å². The smallest absolute Gasteiger partial charge is 0.291 e. The maximum atomic E-state index is 13.5. The van der Waals surface area contributed by atoms with Crippen LogP contribution in [0.25, 0.3) is 11.0 Å². The highest BCUT2D eigenvalue weighted by molar-refractivity contribution is 5.99. The van der Waals surface area contributed by atoms with E-state index >= 15 is 0 Å². The van der Waals surface area contributed by atoms with Crippen LogP contribution in [0.4, 0.5) is 0 Å². The summed E-state index contributed by atoms with van der Waals surface area (Å²) in [7, 11) is 0. The molecule has 0 spiro atoms. The highest BCUT2D eigenvalue weighted by atomic mass is 16.5. The van der Waals surface area contributed by atoms with Gasteiger partial charge in [-0.05, 0) is 50.1 Å². The van der Waals surface area contributed by atoms with Gasteiger partial charge in [-0.3, -0.25) is 9.59 Å². The lowest BCUT2D eigenvalue weighted by atomic mass is 9.98. The van der Waals surface area contributed by atoms with E-state index in [-0.39, 0.29) is 17.1 Å². The molecule has 4 rings (SSSR count). The molecule has 1 aromatic heterocycles. The number of carbonyl (C=O) groups excluding carboxylic acids is 1. The van der Waals surface area contributed by atoms with Gasteiger partial charge in [0.1, 0.15) is 11.3 Å². The van der Waals surface area contributed by atoms with Crippen LogP contribution in [-0.2, 0) is 0 Å². The number of quaternary nitrogens is 1. The van der Waals surface area contributed by atoms with Crippen molar-refractivity contribution in [3.63, 3.8) is 0 Å². The van der Waals surface area contributed by atoms with Crippen LogP contribution < -0.4 is 15.1 Å². The van der Waals surface area contributed by atoms with Crippen LogP contribution in [0.5, 0.6) is 5.75 Å². The average Bonchev–Trinajstić information content (AvgIpc) is 3.10. The molecule has 1 atom stereocenters. The fourth-order valence-electron chi connectivity index (χ4n) is 4.42. The number of hydrogen-bond donors (Lipinski definition) is 1. The number of hydrogen-bond acceptors (Lipinski definition) is 4. The second-order valence-electron chi connectivity index (χ2n) is 8.20. The van der Waals surface area contributed by atoms with Gasteiger partial charge < -0.3 is 19.0 Å². The van der Waals surface area contributed by atoms with Crippen LogP contribution >= 0.6 is 0 Å². The van der Waals surface area contributed by atoms with E-state index in [9.17, 15) is 9.59 Å². The van der Waals surface area contributed by atoms with Crippen molar-refractivity contribution in [1.29, 1.82) is 0 Å². The molecule has 168 valence electrons. The summed E-state index contributed by atoms with van der Waals surface area (Å²) in [6, 6.07) is 14.4. The third-order valence-electron chi connectivity index (χ3n) is 6.23. The normalized spacial score (nSPS) is 15.6. The van der Waals surface area contributed by atoms with Crippen LogP contribution in [0, 0.1) is 0 Å². The minimum absolute atomic E-state index is 0.141. The van der Waals surface area contributed by atoms with Crippen LogP contribution in [0.3, 0.4) is 0 Å². The number of nitrogens with one attached hydrogen (secondary N) is 1. The largest absolute Gasteiger partial charge is 0.494 e. The van der Waals surface area contributed by atoms with E-state index in [0.717, 1.165) is 37.4 Å². The van der Waals surface area contributed by atoms with Gasteiger partial charge in [-0.15, -0.1) is 0 Å². The van der Waals surface area contributed by atoms with Crippen LogP contribution in [0.15, 0.2) is 57.7 Å². The zero-order valence-corrected chi connectivity index (χ0v) is 19.0. The predicted octanol–water partition coefficient (Wildman–Crippen LogP) is 3.05. The van der Waals surface area contributed by atoms with Crippen LogP contribution in [0.2, 0.25) is 0 Å². The topological polar surface area (TPSA) is 64.2 Å². The standard InChI is InChI=1S/C26H30N2O4/c1-4-16-31-19-11-9-10-18(17-19)23-22-24(29)20-12-7-8-13-21(20)32-25(22)26(30)28(23)15-14-27(5-2)6-3/h7-13,17,23H,4-6,14-16H2,1-3H3/p+1/t23-/m0/s1. The maximum Gasteiger partial charge on any atom is 0.291 e. The maximum absolute atomic E-state index is 13.5. The van der Waals surface area contributed by atoms with E-state index in [2.05, 4.69) is 20.8 Å². The Morgan fingerprint density at radius 2 is 1.81 bits per heavy atom. The quantitative estimate of drug-likeness (QED) is 0.561. The Morgan fingerprint density at radius 1 is 1.03 bits per heavy atom. The van der Waals surface area contributed by atoms with Crippen LogP contribution in [0.1, 0.15) is 54.9 Å². The molecular formula is C26H31N2O4+. The molecule has 0 aliphatic carbocycles. The molecule has 1 N–H and O–H groups in total. The predicted molar refractivity (Wildman–Crippen MR) is 125 cm³/mol. The number of carbonyl (C=O) groups is 1. The number of nitrogens with zero attached hydrogens (tertiary/aromatic N) is 1. The number of fused-ring (bicyclic) bond motifs is 2. The van der Waals surface area contributed by atoms with Gasteiger partial charge in [0.15, 0.2) is 5.43 Å². The van der Waals surface area contributed by atoms with Crippen molar-refractivity contribution in [2.75, 3.05) is 32.8 Å². The molecule has 0 bridgehead atoms. The average molecular weight is 436 g/mol. The van der Waals surface area contributed by atoms with E-state index in [4.69, 9.17) is 9.15 Å². The molecule has 6 nitrogen and oxygen atoms in total. The molecule has 0 saturated carbocycles. The third kappa shape index (κ3) is 4.02.